The van der Waals surface area contributed by atoms with Crippen LogP contribution in [0.25, 0.3) is 16.5 Å². The normalized spacial score (nSPS) is 21.0. The van der Waals surface area contributed by atoms with Gasteiger partial charge in [-0.05, 0) is 72.9 Å². The van der Waals surface area contributed by atoms with Crippen LogP contribution in [-0.2, 0) is 20.7 Å². The summed E-state index contributed by atoms with van der Waals surface area (Å²) >= 11 is 3.78. The van der Waals surface area contributed by atoms with Crippen LogP contribution in [0, 0.1) is 5.92 Å². The third kappa shape index (κ3) is 3.63. The van der Waals surface area contributed by atoms with Gasteiger partial charge in [-0.3, -0.25) is 14.3 Å². The summed E-state index contributed by atoms with van der Waals surface area (Å²) < 4.78 is 13.0. The van der Waals surface area contributed by atoms with Crippen LogP contribution in [-0.4, -0.2) is 66.3 Å². The van der Waals surface area contributed by atoms with Crippen LogP contribution in [0.15, 0.2) is 28.9 Å². The van der Waals surface area contributed by atoms with Crippen molar-refractivity contribution >= 4 is 44.5 Å². The Morgan fingerprint density at radius 3 is 2.66 bits per heavy atom. The molecule has 1 aromatic carbocycles. The maximum Gasteiger partial charge on any atom is 0.509 e. The maximum absolute atomic E-state index is 13.1. The van der Waals surface area contributed by atoms with Gasteiger partial charge in [0.1, 0.15) is 0 Å². The number of likely N-dealkylation sites (N-methyl/N-ethyl adjacent to an activating group) is 1. The van der Waals surface area contributed by atoms with E-state index in [1.807, 2.05) is 42.4 Å². The van der Waals surface area contributed by atoms with Crippen molar-refractivity contribution in [3.63, 3.8) is 0 Å². The van der Waals surface area contributed by atoms with Crippen molar-refractivity contribution in [2.24, 2.45) is 5.92 Å². The standard InChI is InChI=1S/C24H30BrN3O4/c1-6-27(7-2)23(29)15-11-17-16-9-8-10-19-21(16)18(12-20(17)26(4)13-15)22(25)28(19)14(3)32-24(30)31-5/h8-11,14-15,20H,6-7,12-13H2,1-5H3. The number of nitrogens with zero attached hydrogens (tertiary/aromatic N) is 3. The first-order valence-electron chi connectivity index (χ1n) is 11.1. The van der Waals surface area contributed by atoms with E-state index >= 15 is 0 Å². The molecule has 0 radical (unpaired) electrons. The molecular weight excluding hydrogens is 474 g/mol. The van der Waals surface area contributed by atoms with Gasteiger partial charge < -0.3 is 14.4 Å². The predicted molar refractivity (Wildman–Crippen MR) is 127 cm³/mol. The average Bonchev–Trinajstić information content (AvgIpc) is 3.07. The molecule has 172 valence electrons. The van der Waals surface area contributed by atoms with Crippen molar-refractivity contribution in [1.29, 1.82) is 0 Å². The molecule has 3 atom stereocenters. The molecule has 2 aliphatic rings. The molecule has 0 saturated heterocycles. The van der Waals surface area contributed by atoms with Gasteiger partial charge in [-0.25, -0.2) is 4.79 Å². The first kappa shape index (κ1) is 22.9. The van der Waals surface area contributed by atoms with Gasteiger partial charge in [0.2, 0.25) is 5.91 Å². The minimum Gasteiger partial charge on any atom is -0.438 e. The van der Waals surface area contributed by atoms with Gasteiger partial charge in [-0.15, -0.1) is 0 Å². The molecule has 7 nitrogen and oxygen atoms in total. The summed E-state index contributed by atoms with van der Waals surface area (Å²) in [5.41, 5.74) is 4.52. The highest BCUT2D eigenvalue weighted by molar-refractivity contribution is 9.10. The lowest BCUT2D eigenvalue weighted by atomic mass is 9.79. The molecule has 0 spiro atoms. The number of benzene rings is 1. The highest BCUT2D eigenvalue weighted by atomic mass is 79.9. The van der Waals surface area contributed by atoms with E-state index in [0.717, 1.165) is 40.6 Å². The number of amides is 1. The number of ether oxygens (including phenoxy) is 2. The summed E-state index contributed by atoms with van der Waals surface area (Å²) in [6.07, 6.45) is 1.75. The van der Waals surface area contributed by atoms with E-state index in [1.54, 1.807) is 0 Å². The molecule has 0 saturated carbocycles. The van der Waals surface area contributed by atoms with Crippen LogP contribution in [0.1, 0.15) is 38.1 Å². The fraction of sp³-hybridized carbons (Fsp3) is 0.500. The molecule has 1 aromatic heterocycles. The Balaban J connectivity index is 1.83. The van der Waals surface area contributed by atoms with Crippen LogP contribution in [0.3, 0.4) is 0 Å². The van der Waals surface area contributed by atoms with Gasteiger partial charge in [0.15, 0.2) is 6.23 Å². The Hall–Kier alpha value is -2.32. The number of hydrogen-bond acceptors (Lipinski definition) is 5. The van der Waals surface area contributed by atoms with E-state index in [-0.39, 0.29) is 17.9 Å². The van der Waals surface area contributed by atoms with Crippen molar-refractivity contribution < 1.29 is 19.1 Å². The van der Waals surface area contributed by atoms with Crippen LogP contribution < -0.4 is 0 Å². The fourth-order valence-electron chi connectivity index (χ4n) is 5.14. The predicted octanol–water partition coefficient (Wildman–Crippen LogP) is 4.44. The Morgan fingerprint density at radius 1 is 1.28 bits per heavy atom. The van der Waals surface area contributed by atoms with Gasteiger partial charge in [0.25, 0.3) is 0 Å². The second kappa shape index (κ2) is 8.90. The molecular formula is C24H30BrN3O4. The molecule has 3 unspecified atom stereocenters. The van der Waals surface area contributed by atoms with Crippen molar-refractivity contribution in [1.82, 2.24) is 14.4 Å². The molecule has 2 heterocycles. The second-order valence-corrected chi connectivity index (χ2v) is 9.16. The van der Waals surface area contributed by atoms with E-state index in [2.05, 4.69) is 44.8 Å². The summed E-state index contributed by atoms with van der Waals surface area (Å²) in [6, 6.07) is 6.38. The largest absolute Gasteiger partial charge is 0.509 e. The van der Waals surface area contributed by atoms with E-state index in [0.29, 0.717) is 6.54 Å². The van der Waals surface area contributed by atoms with Crippen LogP contribution >= 0.6 is 15.9 Å². The lowest BCUT2D eigenvalue weighted by Gasteiger charge is -2.40. The second-order valence-electron chi connectivity index (χ2n) is 8.41. The number of fused-ring (bicyclic) bond motifs is 2. The molecule has 1 aliphatic heterocycles. The van der Waals surface area contributed by atoms with Gasteiger partial charge in [-0.2, -0.15) is 0 Å². The van der Waals surface area contributed by atoms with E-state index < -0.39 is 12.4 Å². The zero-order valence-electron chi connectivity index (χ0n) is 19.2. The minimum atomic E-state index is -0.715. The summed E-state index contributed by atoms with van der Waals surface area (Å²) in [6.45, 7) is 8.01. The first-order valence-corrected chi connectivity index (χ1v) is 11.9. The fourth-order valence-corrected chi connectivity index (χ4v) is 5.98. The summed E-state index contributed by atoms with van der Waals surface area (Å²) in [7, 11) is 3.40. The summed E-state index contributed by atoms with van der Waals surface area (Å²) in [5.74, 6) is 0.0275. The lowest BCUT2D eigenvalue weighted by Crippen LogP contribution is -2.47. The number of rotatable bonds is 5. The van der Waals surface area contributed by atoms with Gasteiger partial charge in [0, 0.05) is 31.1 Å². The Kier molecular flexibility index (Phi) is 6.36. The smallest absolute Gasteiger partial charge is 0.438 e. The molecule has 4 rings (SSSR count). The van der Waals surface area contributed by atoms with Crippen molar-refractivity contribution in [3.05, 3.63) is 40.0 Å². The number of aromatic nitrogens is 1. The Labute approximate surface area is 197 Å². The first-order chi connectivity index (χ1) is 15.3. The molecule has 1 amide bonds. The molecule has 0 N–H and O–H groups in total. The minimum absolute atomic E-state index is 0.157. The van der Waals surface area contributed by atoms with Crippen LogP contribution in [0.4, 0.5) is 4.79 Å². The summed E-state index contributed by atoms with van der Waals surface area (Å²) in [4.78, 5) is 29.1. The average molecular weight is 504 g/mol. The Morgan fingerprint density at radius 2 is 2.00 bits per heavy atom. The topological polar surface area (TPSA) is 64.0 Å². The highest BCUT2D eigenvalue weighted by Gasteiger charge is 2.38. The van der Waals surface area contributed by atoms with Crippen molar-refractivity contribution in [3.8, 4) is 0 Å². The summed E-state index contributed by atoms with van der Waals surface area (Å²) in [5, 5.41) is 1.14. The molecule has 8 heteroatoms. The van der Waals surface area contributed by atoms with E-state index in [9.17, 15) is 9.59 Å². The van der Waals surface area contributed by atoms with Gasteiger partial charge >= 0.3 is 6.16 Å². The number of carbonyl (C=O) groups is 2. The number of halogens is 1. The van der Waals surface area contributed by atoms with Crippen molar-refractivity contribution in [2.75, 3.05) is 33.8 Å². The van der Waals surface area contributed by atoms with E-state index in [1.165, 1.54) is 18.2 Å². The van der Waals surface area contributed by atoms with E-state index in [4.69, 9.17) is 4.74 Å². The Bertz CT molecular complexity index is 1090. The quantitative estimate of drug-likeness (QED) is 0.564. The zero-order chi connectivity index (χ0) is 23.2. The SMILES string of the molecule is CCN(CC)C(=O)C1C=C2c3cccc4c3c(c(Br)n4C(C)OC(=O)OC)CC2N(C)C1. The van der Waals surface area contributed by atoms with Crippen molar-refractivity contribution in [2.45, 2.75) is 39.5 Å². The number of carbonyl (C=O) groups excluding carboxylic acids is 2. The number of methoxy groups -OCH3 is 1. The van der Waals surface area contributed by atoms with Gasteiger partial charge in [0.05, 0.1) is 23.1 Å². The number of hydrogen-bond donors (Lipinski definition) is 0. The maximum atomic E-state index is 13.1. The monoisotopic (exact) mass is 503 g/mol. The molecule has 1 aliphatic carbocycles. The van der Waals surface area contributed by atoms with Gasteiger partial charge in [-0.1, -0.05) is 18.2 Å². The lowest BCUT2D eigenvalue weighted by molar-refractivity contribution is -0.134. The highest BCUT2D eigenvalue weighted by Crippen LogP contribution is 2.45. The molecule has 0 bridgehead atoms. The third-order valence-electron chi connectivity index (χ3n) is 6.72. The molecule has 32 heavy (non-hydrogen) atoms. The van der Waals surface area contributed by atoms with Crippen LogP contribution in [0.5, 0.6) is 0 Å². The third-order valence-corrected chi connectivity index (χ3v) is 7.58. The van der Waals surface area contributed by atoms with Crippen LogP contribution in [0.2, 0.25) is 0 Å². The molecule has 2 aromatic rings. The molecule has 0 fully saturated rings. The zero-order valence-corrected chi connectivity index (χ0v) is 20.8.